The van der Waals surface area contributed by atoms with Crippen LogP contribution in [0.3, 0.4) is 0 Å². The lowest BCUT2D eigenvalue weighted by molar-refractivity contribution is -0.143. The van der Waals surface area contributed by atoms with E-state index in [2.05, 4.69) is 6.92 Å². The number of hydrogen-bond acceptors (Lipinski definition) is 2. The number of carbonyl (C=O) groups is 1. The van der Waals surface area contributed by atoms with Crippen molar-refractivity contribution in [2.45, 2.75) is 116 Å². The predicted octanol–water partition coefficient (Wildman–Crippen LogP) is 6.81. The third-order valence-electron chi connectivity index (χ3n) is 4.95. The maximum Gasteiger partial charge on any atom is 0.305 e. The third kappa shape index (κ3) is 14.8. The Morgan fingerprint density at radius 3 is 2.00 bits per heavy atom. The first-order chi connectivity index (χ1) is 11.3. The second-order valence-corrected chi connectivity index (χ2v) is 7.45. The Balaban J connectivity index is 1.70. The number of esters is 1. The standard InChI is InChI=1S/C21H40O2/c1-2-3-4-5-6-7-8-11-14-19-23-21(22)16-13-10-9-12-15-20-17-18-20/h20H,2-19H2,1H3. The number of rotatable bonds is 17. The predicted molar refractivity (Wildman–Crippen MR) is 98.6 cm³/mol. The van der Waals surface area contributed by atoms with Crippen LogP contribution in [-0.4, -0.2) is 12.6 Å². The van der Waals surface area contributed by atoms with Crippen molar-refractivity contribution >= 4 is 5.97 Å². The van der Waals surface area contributed by atoms with E-state index < -0.39 is 0 Å². The van der Waals surface area contributed by atoms with E-state index in [1.54, 1.807) is 0 Å². The van der Waals surface area contributed by atoms with E-state index in [0.717, 1.165) is 18.8 Å². The van der Waals surface area contributed by atoms with Crippen molar-refractivity contribution < 1.29 is 9.53 Å². The summed E-state index contributed by atoms with van der Waals surface area (Å²) in [4.78, 5) is 11.6. The third-order valence-corrected chi connectivity index (χ3v) is 4.95. The number of unbranched alkanes of at least 4 members (excludes halogenated alkanes) is 11. The summed E-state index contributed by atoms with van der Waals surface area (Å²) in [5, 5.41) is 0. The molecule has 0 spiro atoms. The highest BCUT2D eigenvalue weighted by Crippen LogP contribution is 2.34. The summed E-state index contributed by atoms with van der Waals surface area (Å²) in [6, 6.07) is 0. The molecule has 0 aromatic rings. The van der Waals surface area contributed by atoms with E-state index in [9.17, 15) is 4.79 Å². The average molecular weight is 325 g/mol. The lowest BCUT2D eigenvalue weighted by Crippen LogP contribution is -2.05. The minimum Gasteiger partial charge on any atom is -0.466 e. The summed E-state index contributed by atoms with van der Waals surface area (Å²) in [7, 11) is 0. The highest BCUT2D eigenvalue weighted by atomic mass is 16.5. The lowest BCUT2D eigenvalue weighted by Gasteiger charge is -2.05. The van der Waals surface area contributed by atoms with Crippen molar-refractivity contribution in [3.63, 3.8) is 0 Å². The van der Waals surface area contributed by atoms with Gasteiger partial charge in [-0.15, -0.1) is 0 Å². The molecule has 23 heavy (non-hydrogen) atoms. The molecule has 0 saturated heterocycles. The molecule has 0 amide bonds. The van der Waals surface area contributed by atoms with Crippen molar-refractivity contribution in [2.24, 2.45) is 5.92 Å². The fraction of sp³-hybridized carbons (Fsp3) is 0.952. The van der Waals surface area contributed by atoms with Gasteiger partial charge in [-0.05, 0) is 18.8 Å². The molecule has 0 aromatic heterocycles. The molecule has 1 fully saturated rings. The monoisotopic (exact) mass is 324 g/mol. The summed E-state index contributed by atoms with van der Waals surface area (Å²) < 4.78 is 5.32. The molecule has 2 heteroatoms. The first-order valence-electron chi connectivity index (χ1n) is 10.5. The first-order valence-corrected chi connectivity index (χ1v) is 10.5. The van der Waals surface area contributed by atoms with Gasteiger partial charge in [0.05, 0.1) is 6.61 Å². The van der Waals surface area contributed by atoms with Crippen LogP contribution in [0.15, 0.2) is 0 Å². The van der Waals surface area contributed by atoms with Crippen LogP contribution >= 0.6 is 0 Å². The Labute approximate surface area is 144 Å². The summed E-state index contributed by atoms with van der Waals surface area (Å²) in [5.74, 6) is 1.07. The zero-order valence-electron chi connectivity index (χ0n) is 15.6. The van der Waals surface area contributed by atoms with Crippen LogP contribution in [0.25, 0.3) is 0 Å². The van der Waals surface area contributed by atoms with Gasteiger partial charge >= 0.3 is 5.97 Å². The highest BCUT2D eigenvalue weighted by Gasteiger charge is 2.19. The largest absolute Gasteiger partial charge is 0.466 e. The van der Waals surface area contributed by atoms with Crippen LogP contribution in [0, 0.1) is 5.92 Å². The normalized spacial score (nSPS) is 14.1. The minimum absolute atomic E-state index is 0.0201. The molecule has 1 rings (SSSR count). The molecule has 0 atom stereocenters. The molecular weight excluding hydrogens is 284 g/mol. The summed E-state index contributed by atoms with van der Waals surface area (Å²) >= 11 is 0. The number of hydrogen-bond donors (Lipinski definition) is 0. The van der Waals surface area contributed by atoms with E-state index >= 15 is 0 Å². The Hall–Kier alpha value is -0.530. The van der Waals surface area contributed by atoms with Gasteiger partial charge in [0.25, 0.3) is 0 Å². The van der Waals surface area contributed by atoms with Crippen LogP contribution < -0.4 is 0 Å². The topological polar surface area (TPSA) is 26.3 Å². The molecule has 0 unspecified atom stereocenters. The van der Waals surface area contributed by atoms with Gasteiger partial charge in [0.1, 0.15) is 0 Å². The van der Waals surface area contributed by atoms with E-state index in [-0.39, 0.29) is 5.97 Å². The molecule has 0 heterocycles. The van der Waals surface area contributed by atoms with Crippen LogP contribution in [0.2, 0.25) is 0 Å². The Kier molecular flexibility index (Phi) is 13.4. The number of ether oxygens (including phenoxy) is 1. The molecule has 0 N–H and O–H groups in total. The fourth-order valence-corrected chi connectivity index (χ4v) is 3.13. The molecule has 0 aliphatic heterocycles. The van der Waals surface area contributed by atoms with Gasteiger partial charge in [0, 0.05) is 6.42 Å². The maximum absolute atomic E-state index is 11.6. The van der Waals surface area contributed by atoms with Gasteiger partial charge in [-0.1, -0.05) is 96.8 Å². The fourth-order valence-electron chi connectivity index (χ4n) is 3.13. The molecule has 0 aromatic carbocycles. The average Bonchev–Trinajstić information content (AvgIpc) is 3.37. The summed E-state index contributed by atoms with van der Waals surface area (Å²) in [5.41, 5.74) is 0. The van der Waals surface area contributed by atoms with E-state index in [1.165, 1.54) is 89.9 Å². The zero-order valence-corrected chi connectivity index (χ0v) is 15.6. The quantitative estimate of drug-likeness (QED) is 0.217. The van der Waals surface area contributed by atoms with Gasteiger partial charge in [-0.25, -0.2) is 0 Å². The Morgan fingerprint density at radius 2 is 1.35 bits per heavy atom. The van der Waals surface area contributed by atoms with Crippen LogP contribution in [-0.2, 0) is 9.53 Å². The van der Waals surface area contributed by atoms with Gasteiger partial charge < -0.3 is 4.74 Å². The van der Waals surface area contributed by atoms with Gasteiger partial charge in [-0.3, -0.25) is 4.79 Å². The van der Waals surface area contributed by atoms with Gasteiger partial charge in [0.15, 0.2) is 0 Å². The summed E-state index contributed by atoms with van der Waals surface area (Å²) in [6.45, 7) is 2.90. The smallest absolute Gasteiger partial charge is 0.305 e. The second kappa shape index (κ2) is 15.0. The van der Waals surface area contributed by atoms with E-state index in [1.807, 2.05) is 0 Å². The molecule has 1 saturated carbocycles. The molecule has 0 radical (unpaired) electrons. The Bertz CT molecular complexity index is 271. The second-order valence-electron chi connectivity index (χ2n) is 7.45. The highest BCUT2D eigenvalue weighted by molar-refractivity contribution is 5.69. The van der Waals surface area contributed by atoms with Crippen molar-refractivity contribution in [2.75, 3.05) is 6.61 Å². The molecule has 1 aliphatic carbocycles. The maximum atomic E-state index is 11.6. The molecule has 1 aliphatic rings. The number of carbonyl (C=O) groups excluding carboxylic acids is 1. The molecule has 136 valence electrons. The van der Waals surface area contributed by atoms with E-state index in [4.69, 9.17) is 4.74 Å². The Morgan fingerprint density at radius 1 is 0.783 bits per heavy atom. The first kappa shape index (κ1) is 20.5. The minimum atomic E-state index is 0.0201. The van der Waals surface area contributed by atoms with Crippen molar-refractivity contribution in [3.05, 3.63) is 0 Å². The van der Waals surface area contributed by atoms with Crippen molar-refractivity contribution in [1.29, 1.82) is 0 Å². The lowest BCUT2D eigenvalue weighted by atomic mass is 10.1. The SMILES string of the molecule is CCCCCCCCCCCOC(=O)CCCCCCC1CC1. The molecule has 2 nitrogen and oxygen atoms in total. The summed E-state index contributed by atoms with van der Waals surface area (Å²) in [6.07, 6.45) is 21.6. The van der Waals surface area contributed by atoms with Crippen LogP contribution in [0.4, 0.5) is 0 Å². The van der Waals surface area contributed by atoms with E-state index in [0.29, 0.717) is 13.0 Å². The zero-order chi connectivity index (χ0) is 16.6. The van der Waals surface area contributed by atoms with Gasteiger partial charge in [-0.2, -0.15) is 0 Å². The molecular formula is C21H40O2. The van der Waals surface area contributed by atoms with Gasteiger partial charge in [0.2, 0.25) is 0 Å². The molecule has 0 bridgehead atoms. The van der Waals surface area contributed by atoms with Crippen molar-refractivity contribution in [3.8, 4) is 0 Å². The van der Waals surface area contributed by atoms with Crippen molar-refractivity contribution in [1.82, 2.24) is 0 Å². The van der Waals surface area contributed by atoms with Crippen LogP contribution in [0.1, 0.15) is 116 Å². The van der Waals surface area contributed by atoms with Crippen LogP contribution in [0.5, 0.6) is 0 Å².